The fourth-order valence-electron chi connectivity index (χ4n) is 3.28. The minimum Gasteiger partial charge on any atom is -0.321 e. The molecule has 0 aliphatic heterocycles. The topological polar surface area (TPSA) is 38.9 Å². The number of hydrogen-bond acceptors (Lipinski definition) is 2. The molecule has 1 aliphatic carbocycles. The number of fused-ring (bicyclic) bond motifs is 1. The van der Waals surface area contributed by atoms with E-state index in [9.17, 15) is 0 Å². The van der Waals surface area contributed by atoms with Crippen LogP contribution in [0.1, 0.15) is 38.2 Å². The predicted octanol–water partition coefficient (Wildman–Crippen LogP) is 3.60. The lowest BCUT2D eigenvalue weighted by Gasteiger charge is -2.40. The molecule has 2 aromatic rings. The van der Waals surface area contributed by atoms with Crippen LogP contribution in [0.3, 0.4) is 0 Å². The third kappa shape index (κ3) is 1.72. The lowest BCUT2D eigenvalue weighted by atomic mass is 9.69. The Balaban J connectivity index is 2.19. The summed E-state index contributed by atoms with van der Waals surface area (Å²) in [6.45, 7) is 2.29. The maximum atomic E-state index is 6.76. The van der Waals surface area contributed by atoms with Gasteiger partial charge in [0.1, 0.15) is 0 Å². The first kappa shape index (κ1) is 11.7. The van der Waals surface area contributed by atoms with Crippen LogP contribution in [0.2, 0.25) is 0 Å². The standard InChI is InChI=1S/C16H20N2/c1-12-6-2-3-10-16(12,17)14-8-4-9-15-13(14)7-5-11-18-15/h4-5,7-9,11-12H,2-3,6,10,17H2,1H3. The molecule has 0 amide bonds. The highest BCUT2D eigenvalue weighted by Crippen LogP contribution is 2.41. The second-order valence-electron chi connectivity index (χ2n) is 5.56. The molecule has 1 aromatic carbocycles. The van der Waals surface area contributed by atoms with E-state index in [1.54, 1.807) is 0 Å². The van der Waals surface area contributed by atoms with Crippen LogP contribution in [0.5, 0.6) is 0 Å². The van der Waals surface area contributed by atoms with Crippen molar-refractivity contribution in [2.24, 2.45) is 11.7 Å². The summed E-state index contributed by atoms with van der Waals surface area (Å²) in [5.74, 6) is 0.539. The highest BCUT2D eigenvalue weighted by Gasteiger charge is 2.36. The molecule has 2 atom stereocenters. The van der Waals surface area contributed by atoms with Crippen molar-refractivity contribution in [3.05, 3.63) is 42.1 Å². The van der Waals surface area contributed by atoms with Gasteiger partial charge in [0, 0.05) is 17.1 Å². The molecule has 94 valence electrons. The van der Waals surface area contributed by atoms with Gasteiger partial charge in [0.25, 0.3) is 0 Å². The van der Waals surface area contributed by atoms with Gasteiger partial charge < -0.3 is 5.73 Å². The smallest absolute Gasteiger partial charge is 0.0705 e. The van der Waals surface area contributed by atoms with Gasteiger partial charge in [0.05, 0.1) is 5.52 Å². The maximum Gasteiger partial charge on any atom is 0.0705 e. The number of nitrogens with zero attached hydrogens (tertiary/aromatic N) is 1. The van der Waals surface area contributed by atoms with E-state index in [2.05, 4.69) is 36.2 Å². The zero-order chi connectivity index (χ0) is 12.6. The lowest BCUT2D eigenvalue weighted by molar-refractivity contribution is 0.208. The molecule has 2 unspecified atom stereocenters. The average molecular weight is 240 g/mol. The van der Waals surface area contributed by atoms with Crippen LogP contribution in [-0.4, -0.2) is 4.98 Å². The van der Waals surface area contributed by atoms with Gasteiger partial charge >= 0.3 is 0 Å². The molecular formula is C16H20N2. The summed E-state index contributed by atoms with van der Waals surface area (Å²) in [4.78, 5) is 4.44. The highest BCUT2D eigenvalue weighted by molar-refractivity contribution is 5.83. The number of nitrogens with two attached hydrogens (primary N) is 1. The van der Waals surface area contributed by atoms with E-state index in [1.165, 1.54) is 30.2 Å². The fraction of sp³-hybridized carbons (Fsp3) is 0.438. The fourth-order valence-corrected chi connectivity index (χ4v) is 3.28. The summed E-state index contributed by atoms with van der Waals surface area (Å²) >= 11 is 0. The molecule has 1 heterocycles. The molecule has 3 rings (SSSR count). The normalized spacial score (nSPS) is 28.4. The molecule has 2 N–H and O–H groups in total. The Morgan fingerprint density at radius 2 is 2.11 bits per heavy atom. The van der Waals surface area contributed by atoms with E-state index >= 15 is 0 Å². The maximum absolute atomic E-state index is 6.76. The second-order valence-corrected chi connectivity index (χ2v) is 5.56. The summed E-state index contributed by atoms with van der Waals surface area (Å²) in [5.41, 5.74) is 8.91. The first-order chi connectivity index (χ1) is 8.72. The van der Waals surface area contributed by atoms with Crippen molar-refractivity contribution < 1.29 is 0 Å². The van der Waals surface area contributed by atoms with Gasteiger partial charge in [-0.15, -0.1) is 0 Å². The lowest BCUT2D eigenvalue weighted by Crippen LogP contribution is -2.45. The number of pyridine rings is 1. The summed E-state index contributed by atoms with van der Waals surface area (Å²) in [6.07, 6.45) is 6.70. The third-order valence-electron chi connectivity index (χ3n) is 4.50. The van der Waals surface area contributed by atoms with Crippen LogP contribution in [0, 0.1) is 5.92 Å². The van der Waals surface area contributed by atoms with Crippen LogP contribution in [0.15, 0.2) is 36.5 Å². The van der Waals surface area contributed by atoms with E-state index in [1.807, 2.05) is 12.3 Å². The molecule has 0 radical (unpaired) electrons. The third-order valence-corrected chi connectivity index (χ3v) is 4.50. The Bertz CT molecular complexity index is 559. The molecule has 2 nitrogen and oxygen atoms in total. The summed E-state index contributed by atoms with van der Waals surface area (Å²) < 4.78 is 0. The minimum atomic E-state index is -0.180. The quantitative estimate of drug-likeness (QED) is 0.827. The molecule has 1 aromatic heterocycles. The summed E-state index contributed by atoms with van der Waals surface area (Å²) in [5, 5.41) is 1.22. The van der Waals surface area contributed by atoms with Crippen molar-refractivity contribution in [1.82, 2.24) is 4.98 Å². The van der Waals surface area contributed by atoms with Crippen LogP contribution >= 0.6 is 0 Å². The predicted molar refractivity (Wildman–Crippen MR) is 75.2 cm³/mol. The molecule has 0 spiro atoms. The molecule has 0 saturated heterocycles. The average Bonchev–Trinajstić information content (AvgIpc) is 2.41. The molecule has 1 saturated carbocycles. The number of hydrogen-bond donors (Lipinski definition) is 1. The first-order valence-electron chi connectivity index (χ1n) is 6.85. The van der Waals surface area contributed by atoms with Crippen LogP contribution < -0.4 is 5.73 Å². The zero-order valence-corrected chi connectivity index (χ0v) is 10.9. The summed E-state index contributed by atoms with van der Waals surface area (Å²) in [6, 6.07) is 10.5. The Hall–Kier alpha value is -1.41. The van der Waals surface area contributed by atoms with Crippen molar-refractivity contribution in [2.75, 3.05) is 0 Å². The minimum absolute atomic E-state index is 0.180. The van der Waals surface area contributed by atoms with Crippen molar-refractivity contribution in [1.29, 1.82) is 0 Å². The van der Waals surface area contributed by atoms with Gasteiger partial charge in [-0.1, -0.05) is 38.0 Å². The first-order valence-corrected chi connectivity index (χ1v) is 6.85. The van der Waals surface area contributed by atoms with Gasteiger partial charge in [-0.3, -0.25) is 4.98 Å². The number of rotatable bonds is 1. The number of aromatic nitrogens is 1. The van der Waals surface area contributed by atoms with Crippen molar-refractivity contribution in [3.63, 3.8) is 0 Å². The van der Waals surface area contributed by atoms with Gasteiger partial charge in [-0.25, -0.2) is 0 Å². The van der Waals surface area contributed by atoms with Crippen molar-refractivity contribution >= 4 is 10.9 Å². The Labute approximate surface area is 108 Å². The zero-order valence-electron chi connectivity index (χ0n) is 10.9. The Kier molecular flexibility index (Phi) is 2.83. The molecule has 0 bridgehead atoms. The number of benzene rings is 1. The molecule has 1 aliphatic rings. The highest BCUT2D eigenvalue weighted by atomic mass is 14.8. The van der Waals surface area contributed by atoms with Crippen LogP contribution in [0.25, 0.3) is 10.9 Å². The van der Waals surface area contributed by atoms with Gasteiger partial charge in [-0.2, -0.15) is 0 Å². The van der Waals surface area contributed by atoms with Crippen LogP contribution in [-0.2, 0) is 5.54 Å². The molecule has 2 heteroatoms. The summed E-state index contributed by atoms with van der Waals surface area (Å²) in [7, 11) is 0. The van der Waals surface area contributed by atoms with Gasteiger partial charge in [-0.05, 0) is 36.5 Å². The monoisotopic (exact) mass is 240 g/mol. The second kappa shape index (κ2) is 4.36. The molecule has 1 fully saturated rings. The van der Waals surface area contributed by atoms with E-state index in [-0.39, 0.29) is 5.54 Å². The molecule has 18 heavy (non-hydrogen) atoms. The van der Waals surface area contributed by atoms with E-state index in [0.29, 0.717) is 5.92 Å². The Morgan fingerprint density at radius 3 is 2.94 bits per heavy atom. The van der Waals surface area contributed by atoms with Crippen LogP contribution in [0.4, 0.5) is 0 Å². The van der Waals surface area contributed by atoms with Gasteiger partial charge in [0.15, 0.2) is 0 Å². The van der Waals surface area contributed by atoms with Gasteiger partial charge in [0.2, 0.25) is 0 Å². The van der Waals surface area contributed by atoms with E-state index in [4.69, 9.17) is 5.73 Å². The molecular weight excluding hydrogens is 220 g/mol. The van der Waals surface area contributed by atoms with Crippen molar-refractivity contribution in [3.8, 4) is 0 Å². The Morgan fingerprint density at radius 1 is 1.22 bits per heavy atom. The SMILES string of the molecule is CC1CCCCC1(N)c1cccc2ncccc12. The van der Waals surface area contributed by atoms with Crippen molar-refractivity contribution in [2.45, 2.75) is 38.1 Å². The van der Waals surface area contributed by atoms with E-state index in [0.717, 1.165) is 11.9 Å². The van der Waals surface area contributed by atoms with E-state index < -0.39 is 0 Å². The largest absolute Gasteiger partial charge is 0.321 e.